The summed E-state index contributed by atoms with van der Waals surface area (Å²) in [6.45, 7) is 5.60. The fraction of sp³-hybridized carbons (Fsp3) is 0.533. The Kier molecular flexibility index (Phi) is 6.21. The summed E-state index contributed by atoms with van der Waals surface area (Å²) in [5, 5.41) is 3.78. The van der Waals surface area contributed by atoms with Crippen molar-refractivity contribution in [3.05, 3.63) is 36.9 Å². The maximum absolute atomic E-state index is 6.96. The van der Waals surface area contributed by atoms with Gasteiger partial charge in [-0.2, -0.15) is 5.10 Å². The fourth-order valence-corrected chi connectivity index (χ4v) is 3.37. The number of hydrogen-bond donors (Lipinski definition) is 0. The molecule has 23 heavy (non-hydrogen) atoms. The van der Waals surface area contributed by atoms with Crippen LogP contribution < -0.4 is 4.90 Å². The first-order valence-corrected chi connectivity index (χ1v) is 8.08. The minimum absolute atomic E-state index is 0. The monoisotopic (exact) mass is 356 g/mol. The molecule has 0 aromatic carbocycles. The summed E-state index contributed by atoms with van der Waals surface area (Å²) in [6.07, 6.45) is 9.14. The molecular weight excluding hydrogens is 335 g/mol. The van der Waals surface area contributed by atoms with E-state index in [4.69, 9.17) is 11.6 Å². The number of aromatic nitrogens is 4. The van der Waals surface area contributed by atoms with Gasteiger partial charge < -0.3 is 4.90 Å². The highest BCUT2D eigenvalue weighted by Gasteiger charge is 2.38. The molecular formula is C15H22Cl2N6. The van der Waals surface area contributed by atoms with Crippen molar-refractivity contribution in [2.24, 2.45) is 0 Å². The molecule has 0 radical (unpaired) electrons. The van der Waals surface area contributed by atoms with Gasteiger partial charge >= 0.3 is 0 Å². The average molecular weight is 357 g/mol. The molecule has 3 rings (SSSR count). The van der Waals surface area contributed by atoms with E-state index in [1.54, 1.807) is 18.6 Å². The molecule has 126 valence electrons. The van der Waals surface area contributed by atoms with Crippen molar-refractivity contribution in [1.29, 1.82) is 0 Å². The Morgan fingerprint density at radius 3 is 2.35 bits per heavy atom. The topological polar surface area (TPSA) is 50.1 Å². The van der Waals surface area contributed by atoms with E-state index in [0.717, 1.165) is 45.0 Å². The summed E-state index contributed by atoms with van der Waals surface area (Å²) < 4.78 is 1.87. The average Bonchev–Trinajstić information content (AvgIpc) is 3.11. The minimum Gasteiger partial charge on any atom is -0.338 e. The third-order valence-corrected chi connectivity index (χ3v) is 4.62. The summed E-state index contributed by atoms with van der Waals surface area (Å²) in [5.41, 5.74) is 0. The first kappa shape index (κ1) is 18.0. The SMILES string of the molecule is CCCC(Cl)(N1CCN(c2ncccn2)CC1)n1cccn1.Cl. The molecule has 6 nitrogen and oxygen atoms in total. The highest BCUT2D eigenvalue weighted by molar-refractivity contribution is 6.21. The van der Waals surface area contributed by atoms with Gasteiger partial charge in [-0.05, 0) is 12.1 Å². The van der Waals surface area contributed by atoms with Crippen molar-refractivity contribution in [2.45, 2.75) is 24.9 Å². The molecule has 2 aromatic heterocycles. The lowest BCUT2D eigenvalue weighted by Crippen LogP contribution is -2.56. The molecule has 0 bridgehead atoms. The number of alkyl halides is 1. The van der Waals surface area contributed by atoms with E-state index >= 15 is 0 Å². The lowest BCUT2D eigenvalue weighted by molar-refractivity contribution is 0.0688. The van der Waals surface area contributed by atoms with Crippen LogP contribution in [0, 0.1) is 0 Å². The molecule has 0 amide bonds. The van der Waals surface area contributed by atoms with Crippen LogP contribution in [0.1, 0.15) is 19.8 Å². The van der Waals surface area contributed by atoms with Crippen LogP contribution in [0.3, 0.4) is 0 Å². The van der Waals surface area contributed by atoms with Crippen molar-refractivity contribution >= 4 is 30.0 Å². The summed E-state index contributed by atoms with van der Waals surface area (Å²) in [4.78, 5) is 13.1. The lowest BCUT2D eigenvalue weighted by atomic mass is 10.2. The van der Waals surface area contributed by atoms with E-state index in [1.807, 2.05) is 23.0 Å². The van der Waals surface area contributed by atoms with Gasteiger partial charge in [0.05, 0.1) is 0 Å². The number of hydrogen-bond acceptors (Lipinski definition) is 5. The van der Waals surface area contributed by atoms with Crippen molar-refractivity contribution in [1.82, 2.24) is 24.6 Å². The van der Waals surface area contributed by atoms with Crippen molar-refractivity contribution in [3.8, 4) is 0 Å². The fourth-order valence-electron chi connectivity index (χ4n) is 2.91. The number of halogens is 2. The number of rotatable bonds is 5. The highest BCUT2D eigenvalue weighted by Crippen LogP contribution is 2.32. The Morgan fingerprint density at radius 2 is 1.78 bits per heavy atom. The minimum atomic E-state index is -0.581. The smallest absolute Gasteiger partial charge is 0.225 e. The molecule has 0 saturated carbocycles. The third-order valence-electron chi connectivity index (χ3n) is 4.02. The second-order valence-corrected chi connectivity index (χ2v) is 6.05. The maximum Gasteiger partial charge on any atom is 0.225 e. The van der Waals surface area contributed by atoms with Crippen LogP contribution in [-0.4, -0.2) is 50.8 Å². The van der Waals surface area contributed by atoms with Gasteiger partial charge in [0.2, 0.25) is 5.95 Å². The molecule has 1 atom stereocenters. The van der Waals surface area contributed by atoms with E-state index in [9.17, 15) is 0 Å². The Morgan fingerprint density at radius 1 is 1.09 bits per heavy atom. The van der Waals surface area contributed by atoms with Crippen LogP contribution in [-0.2, 0) is 5.12 Å². The molecule has 0 N–H and O–H groups in total. The molecule has 0 spiro atoms. The summed E-state index contributed by atoms with van der Waals surface area (Å²) in [7, 11) is 0. The summed E-state index contributed by atoms with van der Waals surface area (Å²) in [6, 6.07) is 3.75. The second-order valence-electron chi connectivity index (χ2n) is 5.44. The highest BCUT2D eigenvalue weighted by atomic mass is 35.5. The van der Waals surface area contributed by atoms with Gasteiger partial charge in [-0.25, -0.2) is 14.6 Å². The summed E-state index contributed by atoms with van der Waals surface area (Å²) in [5.74, 6) is 0.789. The quantitative estimate of drug-likeness (QED) is 0.608. The van der Waals surface area contributed by atoms with Crippen molar-refractivity contribution in [2.75, 3.05) is 31.1 Å². The summed E-state index contributed by atoms with van der Waals surface area (Å²) >= 11 is 6.96. The molecule has 0 aliphatic carbocycles. The van der Waals surface area contributed by atoms with Gasteiger partial charge in [-0.15, -0.1) is 12.4 Å². The molecule has 3 heterocycles. The predicted octanol–water partition coefficient (Wildman–Crippen LogP) is 2.57. The zero-order valence-electron chi connectivity index (χ0n) is 13.2. The first-order valence-electron chi connectivity index (χ1n) is 7.70. The van der Waals surface area contributed by atoms with E-state index in [2.05, 4.69) is 31.8 Å². The normalized spacial score (nSPS) is 18.3. The number of nitrogens with zero attached hydrogens (tertiary/aromatic N) is 6. The van der Waals surface area contributed by atoms with Crippen LogP contribution >= 0.6 is 24.0 Å². The number of anilines is 1. The molecule has 1 aliphatic rings. The largest absolute Gasteiger partial charge is 0.338 e. The van der Waals surface area contributed by atoms with Crippen molar-refractivity contribution in [3.63, 3.8) is 0 Å². The zero-order chi connectivity index (χ0) is 15.4. The lowest BCUT2D eigenvalue weighted by Gasteiger charge is -2.44. The van der Waals surface area contributed by atoms with Crippen LogP contribution in [0.25, 0.3) is 0 Å². The van der Waals surface area contributed by atoms with Crippen molar-refractivity contribution < 1.29 is 0 Å². The van der Waals surface area contributed by atoms with Gasteiger partial charge in [0.1, 0.15) is 0 Å². The van der Waals surface area contributed by atoms with E-state index < -0.39 is 5.12 Å². The second kappa shape index (κ2) is 7.95. The molecule has 1 fully saturated rings. The molecule has 1 aliphatic heterocycles. The van der Waals surface area contributed by atoms with Gasteiger partial charge in [-0.1, -0.05) is 24.9 Å². The molecule has 1 saturated heterocycles. The van der Waals surface area contributed by atoms with E-state index in [0.29, 0.717) is 0 Å². The van der Waals surface area contributed by atoms with Gasteiger partial charge in [-0.3, -0.25) is 4.90 Å². The van der Waals surface area contributed by atoms with Crippen LogP contribution in [0.2, 0.25) is 0 Å². The third kappa shape index (κ3) is 3.76. The Bertz CT molecular complexity index is 571. The van der Waals surface area contributed by atoms with Gasteiger partial charge in [0.15, 0.2) is 5.12 Å². The first-order chi connectivity index (χ1) is 10.7. The number of piperazine rings is 1. The van der Waals surface area contributed by atoms with Gasteiger partial charge in [0, 0.05) is 57.4 Å². The molecule has 1 unspecified atom stereocenters. The van der Waals surface area contributed by atoms with E-state index in [1.165, 1.54) is 0 Å². The van der Waals surface area contributed by atoms with Crippen LogP contribution in [0.15, 0.2) is 36.9 Å². The molecule has 2 aromatic rings. The van der Waals surface area contributed by atoms with Crippen LogP contribution in [0.4, 0.5) is 5.95 Å². The Balaban J connectivity index is 0.00000192. The van der Waals surface area contributed by atoms with Gasteiger partial charge in [0.25, 0.3) is 0 Å². The predicted molar refractivity (Wildman–Crippen MR) is 94.0 cm³/mol. The van der Waals surface area contributed by atoms with Crippen LogP contribution in [0.5, 0.6) is 0 Å². The standard InChI is InChI=1S/C15H21ClN6.ClH/c1-2-5-15(16,22-9-4-8-19-22)21-12-10-20(11-13-21)14-17-6-3-7-18-14;/h3-4,6-9H,2,5,10-13H2,1H3;1H. The van der Waals surface area contributed by atoms with E-state index in [-0.39, 0.29) is 12.4 Å². The Labute approximate surface area is 147 Å². The Hall–Kier alpha value is -1.37. The molecule has 8 heteroatoms. The maximum atomic E-state index is 6.96. The zero-order valence-corrected chi connectivity index (χ0v) is 14.7.